The van der Waals surface area contributed by atoms with Crippen LogP contribution in [0.5, 0.6) is 0 Å². The van der Waals surface area contributed by atoms with Crippen molar-refractivity contribution in [2.24, 2.45) is 5.92 Å². The summed E-state index contributed by atoms with van der Waals surface area (Å²) >= 11 is 0. The minimum Gasteiger partial charge on any atom is -0.391 e. The molecule has 0 bridgehead atoms. The largest absolute Gasteiger partial charge is 0.391 e. The van der Waals surface area contributed by atoms with Gasteiger partial charge in [-0.2, -0.15) is 0 Å². The molecule has 1 aliphatic rings. The Balaban J connectivity index is 1.93. The van der Waals surface area contributed by atoms with Crippen molar-refractivity contribution < 1.29 is 23.4 Å². The third-order valence-corrected chi connectivity index (χ3v) is 3.92. The van der Waals surface area contributed by atoms with E-state index in [9.17, 15) is 18.7 Å². The molecule has 1 heterocycles. The normalized spacial score (nSPS) is 22.2. The Morgan fingerprint density at radius 2 is 2.13 bits per heavy atom. The van der Waals surface area contributed by atoms with E-state index in [4.69, 9.17) is 4.74 Å². The van der Waals surface area contributed by atoms with Gasteiger partial charge in [0.1, 0.15) is 6.10 Å². The van der Waals surface area contributed by atoms with Crippen LogP contribution in [0.3, 0.4) is 0 Å². The Labute approximate surface area is 134 Å². The zero-order valence-corrected chi connectivity index (χ0v) is 13.2. The lowest BCUT2D eigenvalue weighted by Crippen LogP contribution is -2.46. The molecule has 5 nitrogen and oxygen atoms in total. The monoisotopic (exact) mass is 328 g/mol. The van der Waals surface area contributed by atoms with E-state index in [1.807, 2.05) is 13.8 Å². The van der Waals surface area contributed by atoms with E-state index in [1.54, 1.807) is 0 Å². The summed E-state index contributed by atoms with van der Waals surface area (Å²) in [6.07, 6.45) is -0.572. The van der Waals surface area contributed by atoms with Gasteiger partial charge in [0.15, 0.2) is 11.6 Å². The summed E-state index contributed by atoms with van der Waals surface area (Å²) in [7, 11) is 0. The molecule has 1 aromatic rings. The first-order valence-corrected chi connectivity index (χ1v) is 7.67. The number of nitrogens with one attached hydrogen (secondary N) is 2. The summed E-state index contributed by atoms with van der Waals surface area (Å²) in [4.78, 5) is 11.9. The lowest BCUT2D eigenvalue weighted by Gasteiger charge is -2.21. The minimum atomic E-state index is -0.943. The van der Waals surface area contributed by atoms with Gasteiger partial charge in [0.25, 0.3) is 0 Å². The molecule has 1 saturated heterocycles. The zero-order chi connectivity index (χ0) is 17.0. The quantitative estimate of drug-likeness (QED) is 0.775. The SMILES string of the molecule is CC(C)[C@H](O)CNC(=O)N[C@@H]1CCO[C@@H]1c1ccc(F)c(F)c1. The first-order chi connectivity index (χ1) is 10.9. The second kappa shape index (κ2) is 7.70. The fourth-order valence-corrected chi connectivity index (χ4v) is 2.41. The molecule has 23 heavy (non-hydrogen) atoms. The Morgan fingerprint density at radius 1 is 1.39 bits per heavy atom. The number of aliphatic hydroxyl groups is 1. The number of amides is 2. The molecule has 7 heteroatoms. The van der Waals surface area contributed by atoms with Crippen molar-refractivity contribution in [3.05, 3.63) is 35.4 Å². The van der Waals surface area contributed by atoms with E-state index in [0.29, 0.717) is 18.6 Å². The molecule has 1 aromatic carbocycles. The second-order valence-corrected chi connectivity index (χ2v) is 6.03. The van der Waals surface area contributed by atoms with E-state index in [0.717, 1.165) is 12.1 Å². The van der Waals surface area contributed by atoms with Crippen molar-refractivity contribution >= 4 is 6.03 Å². The van der Waals surface area contributed by atoms with E-state index < -0.39 is 29.9 Å². The van der Waals surface area contributed by atoms with Crippen molar-refractivity contribution in [1.29, 1.82) is 0 Å². The third-order valence-electron chi connectivity index (χ3n) is 3.92. The Morgan fingerprint density at radius 3 is 2.78 bits per heavy atom. The van der Waals surface area contributed by atoms with E-state index in [2.05, 4.69) is 10.6 Å². The average Bonchev–Trinajstić information content (AvgIpc) is 2.95. The van der Waals surface area contributed by atoms with Crippen LogP contribution in [0, 0.1) is 17.6 Å². The van der Waals surface area contributed by atoms with Crippen LogP contribution in [0.4, 0.5) is 13.6 Å². The number of halogens is 2. The topological polar surface area (TPSA) is 70.6 Å². The van der Waals surface area contributed by atoms with Crippen molar-refractivity contribution in [1.82, 2.24) is 10.6 Å². The van der Waals surface area contributed by atoms with Crippen molar-refractivity contribution in [3.8, 4) is 0 Å². The number of hydrogen-bond donors (Lipinski definition) is 3. The summed E-state index contributed by atoms with van der Waals surface area (Å²) in [5.41, 5.74) is 0.480. The van der Waals surface area contributed by atoms with Crippen molar-refractivity contribution in [2.45, 2.75) is 38.5 Å². The maximum atomic E-state index is 13.3. The number of carbonyl (C=O) groups is 1. The van der Waals surface area contributed by atoms with Crippen LogP contribution in [-0.2, 0) is 4.74 Å². The minimum absolute atomic E-state index is 0.0417. The van der Waals surface area contributed by atoms with Crippen LogP contribution >= 0.6 is 0 Å². The van der Waals surface area contributed by atoms with Crippen LogP contribution in [0.15, 0.2) is 18.2 Å². The fraction of sp³-hybridized carbons (Fsp3) is 0.562. The van der Waals surface area contributed by atoms with Gasteiger partial charge in [0.2, 0.25) is 0 Å². The first kappa shape index (κ1) is 17.6. The lowest BCUT2D eigenvalue weighted by atomic mass is 10.0. The number of aliphatic hydroxyl groups excluding tert-OH is 1. The highest BCUT2D eigenvalue weighted by atomic mass is 19.2. The van der Waals surface area contributed by atoms with Gasteiger partial charge < -0.3 is 20.5 Å². The Bertz CT molecular complexity index is 554. The van der Waals surface area contributed by atoms with Gasteiger partial charge in [-0.25, -0.2) is 13.6 Å². The number of carbonyl (C=O) groups excluding carboxylic acids is 1. The number of urea groups is 1. The predicted octanol–water partition coefficient (Wildman–Crippen LogP) is 2.11. The highest BCUT2D eigenvalue weighted by Gasteiger charge is 2.31. The zero-order valence-electron chi connectivity index (χ0n) is 13.2. The van der Waals surface area contributed by atoms with Crippen LogP contribution in [0.1, 0.15) is 31.9 Å². The Kier molecular flexibility index (Phi) is 5.90. The molecule has 0 spiro atoms. The molecular formula is C16H22F2N2O3. The summed E-state index contributed by atoms with van der Waals surface area (Å²) in [6, 6.07) is 2.82. The van der Waals surface area contributed by atoms with Crippen LogP contribution in [-0.4, -0.2) is 36.4 Å². The number of ether oxygens (including phenoxy) is 1. The van der Waals surface area contributed by atoms with Crippen LogP contribution in [0.2, 0.25) is 0 Å². The highest BCUT2D eigenvalue weighted by molar-refractivity contribution is 5.74. The maximum Gasteiger partial charge on any atom is 0.315 e. The van der Waals surface area contributed by atoms with Gasteiger partial charge in [0, 0.05) is 13.2 Å². The lowest BCUT2D eigenvalue weighted by molar-refractivity contribution is 0.0987. The van der Waals surface area contributed by atoms with Crippen LogP contribution in [0.25, 0.3) is 0 Å². The molecule has 1 fully saturated rings. The fourth-order valence-electron chi connectivity index (χ4n) is 2.41. The number of benzene rings is 1. The van der Waals surface area contributed by atoms with Gasteiger partial charge in [0.05, 0.1) is 12.1 Å². The van der Waals surface area contributed by atoms with E-state index in [1.165, 1.54) is 6.07 Å². The smallest absolute Gasteiger partial charge is 0.315 e. The Hall–Kier alpha value is -1.73. The van der Waals surface area contributed by atoms with Gasteiger partial charge in [-0.1, -0.05) is 19.9 Å². The molecule has 0 aromatic heterocycles. The van der Waals surface area contributed by atoms with E-state index >= 15 is 0 Å². The molecule has 0 unspecified atom stereocenters. The van der Waals surface area contributed by atoms with Crippen LogP contribution < -0.4 is 10.6 Å². The molecule has 0 saturated carbocycles. The molecule has 0 radical (unpaired) electrons. The summed E-state index contributed by atoms with van der Waals surface area (Å²) in [6.45, 7) is 4.28. The molecule has 2 amide bonds. The van der Waals surface area contributed by atoms with Crippen molar-refractivity contribution in [3.63, 3.8) is 0 Å². The van der Waals surface area contributed by atoms with Gasteiger partial charge in [-0.05, 0) is 30.0 Å². The molecule has 1 aliphatic heterocycles. The van der Waals surface area contributed by atoms with Gasteiger partial charge in [-0.3, -0.25) is 0 Å². The molecule has 128 valence electrons. The molecule has 3 N–H and O–H groups in total. The third kappa shape index (κ3) is 4.62. The number of hydrogen-bond acceptors (Lipinski definition) is 3. The molecule has 3 atom stereocenters. The molecule has 2 rings (SSSR count). The summed E-state index contributed by atoms with van der Waals surface area (Å²) in [5, 5.41) is 15.0. The highest BCUT2D eigenvalue weighted by Crippen LogP contribution is 2.29. The standard InChI is InChI=1S/C16H22F2N2O3/c1-9(2)14(21)8-19-16(22)20-13-5-6-23-15(13)10-3-4-11(17)12(18)7-10/h3-4,7,9,13-15,21H,5-6,8H2,1-2H3,(H2,19,20,22)/t13-,14-,15-/m1/s1. The maximum absolute atomic E-state index is 13.3. The van der Waals surface area contributed by atoms with Crippen molar-refractivity contribution in [2.75, 3.05) is 13.2 Å². The molecular weight excluding hydrogens is 306 g/mol. The summed E-state index contributed by atoms with van der Waals surface area (Å²) < 4.78 is 31.9. The number of rotatable bonds is 5. The van der Waals surface area contributed by atoms with E-state index in [-0.39, 0.29) is 18.5 Å². The average molecular weight is 328 g/mol. The predicted molar refractivity (Wildman–Crippen MR) is 80.8 cm³/mol. The summed E-state index contributed by atoms with van der Waals surface area (Å²) in [5.74, 6) is -1.82. The second-order valence-electron chi connectivity index (χ2n) is 6.03. The van der Waals surface area contributed by atoms with Gasteiger partial charge in [-0.15, -0.1) is 0 Å². The molecule has 0 aliphatic carbocycles. The first-order valence-electron chi connectivity index (χ1n) is 7.67. The van der Waals surface area contributed by atoms with Gasteiger partial charge >= 0.3 is 6.03 Å².